The summed E-state index contributed by atoms with van der Waals surface area (Å²) in [5.41, 5.74) is 0. The van der Waals surface area contributed by atoms with Crippen LogP contribution in [-0.4, -0.2) is 30.1 Å². The zero-order valence-electron chi connectivity index (χ0n) is 11.4. The van der Waals surface area contributed by atoms with Crippen molar-refractivity contribution < 1.29 is 0 Å². The van der Waals surface area contributed by atoms with Crippen LogP contribution in [0.1, 0.15) is 32.1 Å². The Hall–Kier alpha value is -1.36. The summed E-state index contributed by atoms with van der Waals surface area (Å²) >= 11 is 1.69. The van der Waals surface area contributed by atoms with E-state index >= 15 is 0 Å². The molecule has 0 unspecified atom stereocenters. The van der Waals surface area contributed by atoms with Crippen molar-refractivity contribution in [1.82, 2.24) is 9.97 Å². The zero-order chi connectivity index (χ0) is 13.1. The second-order valence-corrected chi connectivity index (χ2v) is 5.91. The average molecular weight is 276 g/mol. The van der Waals surface area contributed by atoms with Gasteiger partial charge in [-0.3, -0.25) is 0 Å². The predicted octanol–water partition coefficient (Wildman–Crippen LogP) is 3.50. The third kappa shape index (κ3) is 2.66. The van der Waals surface area contributed by atoms with Gasteiger partial charge in [0, 0.05) is 20.1 Å². The Balaban J connectivity index is 1.98. The molecule has 1 aliphatic rings. The Morgan fingerprint density at radius 3 is 2.58 bits per heavy atom. The van der Waals surface area contributed by atoms with Crippen molar-refractivity contribution in [2.45, 2.75) is 32.1 Å². The largest absolute Gasteiger partial charge is 0.357 e. The molecule has 5 heteroatoms. The van der Waals surface area contributed by atoms with E-state index in [-0.39, 0.29) is 0 Å². The summed E-state index contributed by atoms with van der Waals surface area (Å²) in [7, 11) is 1.88. The summed E-state index contributed by atoms with van der Waals surface area (Å²) in [5.74, 6) is 1.84. The van der Waals surface area contributed by atoms with E-state index in [4.69, 9.17) is 4.98 Å². The highest BCUT2D eigenvalue weighted by molar-refractivity contribution is 7.16. The minimum atomic E-state index is 0.729. The molecule has 1 saturated heterocycles. The van der Waals surface area contributed by atoms with Gasteiger partial charge in [0.1, 0.15) is 10.6 Å². The average Bonchev–Trinajstić information content (AvgIpc) is 2.85. The smallest absolute Gasteiger partial charge is 0.225 e. The second-order valence-electron chi connectivity index (χ2n) is 5.02. The third-order valence-corrected chi connectivity index (χ3v) is 4.49. The number of nitrogens with zero attached hydrogens (tertiary/aromatic N) is 3. The van der Waals surface area contributed by atoms with E-state index in [9.17, 15) is 0 Å². The van der Waals surface area contributed by atoms with E-state index in [1.54, 1.807) is 11.3 Å². The van der Waals surface area contributed by atoms with Crippen molar-refractivity contribution in [3.8, 4) is 0 Å². The van der Waals surface area contributed by atoms with Gasteiger partial charge in [-0.15, -0.1) is 11.3 Å². The number of nitrogens with one attached hydrogen (secondary N) is 1. The lowest BCUT2D eigenvalue weighted by atomic mass is 10.1. The Labute approximate surface area is 117 Å². The van der Waals surface area contributed by atoms with E-state index < -0.39 is 0 Å². The molecule has 0 spiro atoms. The number of rotatable bonds is 2. The van der Waals surface area contributed by atoms with Gasteiger partial charge in [-0.25, -0.2) is 4.98 Å². The minimum Gasteiger partial charge on any atom is -0.357 e. The number of hydrogen-bond donors (Lipinski definition) is 1. The summed E-state index contributed by atoms with van der Waals surface area (Å²) in [6.45, 7) is 2.23. The van der Waals surface area contributed by atoms with E-state index in [1.165, 1.54) is 37.5 Å². The molecule has 2 aromatic rings. The number of aromatic nitrogens is 2. The van der Waals surface area contributed by atoms with Crippen molar-refractivity contribution in [2.24, 2.45) is 0 Å². The summed E-state index contributed by atoms with van der Waals surface area (Å²) in [6, 6.07) is 2.15. The first-order valence-corrected chi connectivity index (χ1v) is 7.94. The van der Waals surface area contributed by atoms with Gasteiger partial charge in [0.15, 0.2) is 0 Å². The Kier molecular flexibility index (Phi) is 3.82. The maximum Gasteiger partial charge on any atom is 0.225 e. The number of anilines is 2. The summed E-state index contributed by atoms with van der Waals surface area (Å²) in [4.78, 5) is 12.7. The number of hydrogen-bond acceptors (Lipinski definition) is 5. The second kappa shape index (κ2) is 5.74. The lowest BCUT2D eigenvalue weighted by Gasteiger charge is -2.26. The maximum atomic E-state index is 4.70. The summed E-state index contributed by atoms with van der Waals surface area (Å²) in [5, 5.41) is 6.38. The van der Waals surface area contributed by atoms with Gasteiger partial charge < -0.3 is 10.2 Å². The number of fused-ring (bicyclic) bond motifs is 1. The van der Waals surface area contributed by atoms with Gasteiger partial charge in [-0.05, 0) is 24.3 Å². The molecule has 19 heavy (non-hydrogen) atoms. The van der Waals surface area contributed by atoms with Gasteiger partial charge >= 0.3 is 0 Å². The standard InChI is InChI=1S/C14H20N4S/c1-15-14-16-12(11-7-10-19-13(11)17-14)18-8-5-3-2-4-6-9-18/h7,10H,2-6,8-9H2,1H3,(H,15,16,17). The highest BCUT2D eigenvalue weighted by Crippen LogP contribution is 2.30. The molecule has 3 heterocycles. The van der Waals surface area contributed by atoms with E-state index in [0.29, 0.717) is 0 Å². The van der Waals surface area contributed by atoms with Crippen LogP contribution in [0.5, 0.6) is 0 Å². The SMILES string of the molecule is CNc1nc(N2CCCCCCC2)c2ccsc2n1. The fourth-order valence-electron chi connectivity index (χ4n) is 2.65. The quantitative estimate of drug-likeness (QED) is 0.911. The Morgan fingerprint density at radius 2 is 1.84 bits per heavy atom. The van der Waals surface area contributed by atoms with Crippen LogP contribution in [0.3, 0.4) is 0 Å². The zero-order valence-corrected chi connectivity index (χ0v) is 12.2. The monoisotopic (exact) mass is 276 g/mol. The van der Waals surface area contributed by atoms with Crippen LogP contribution in [-0.2, 0) is 0 Å². The molecule has 0 amide bonds. The van der Waals surface area contributed by atoms with Gasteiger partial charge in [0.05, 0.1) is 5.39 Å². The third-order valence-electron chi connectivity index (χ3n) is 3.68. The molecule has 0 radical (unpaired) electrons. The van der Waals surface area contributed by atoms with Gasteiger partial charge in [-0.1, -0.05) is 19.3 Å². The van der Waals surface area contributed by atoms with E-state index in [0.717, 1.165) is 29.7 Å². The van der Waals surface area contributed by atoms with Crippen molar-refractivity contribution in [2.75, 3.05) is 30.4 Å². The Bertz CT molecular complexity index is 543. The highest BCUT2D eigenvalue weighted by Gasteiger charge is 2.16. The molecule has 4 nitrogen and oxygen atoms in total. The molecule has 0 aromatic carbocycles. The van der Waals surface area contributed by atoms with Crippen molar-refractivity contribution >= 4 is 33.3 Å². The van der Waals surface area contributed by atoms with Crippen LogP contribution >= 0.6 is 11.3 Å². The van der Waals surface area contributed by atoms with Gasteiger partial charge in [0.2, 0.25) is 5.95 Å². The normalized spacial score (nSPS) is 17.2. The molecule has 0 bridgehead atoms. The topological polar surface area (TPSA) is 41.1 Å². The molecular formula is C14H20N4S. The molecule has 3 rings (SSSR count). The van der Waals surface area contributed by atoms with E-state index in [2.05, 4.69) is 26.6 Å². The molecule has 2 aromatic heterocycles. The molecule has 0 saturated carbocycles. The molecule has 0 atom stereocenters. The van der Waals surface area contributed by atoms with Crippen molar-refractivity contribution in [3.63, 3.8) is 0 Å². The van der Waals surface area contributed by atoms with Crippen molar-refractivity contribution in [3.05, 3.63) is 11.4 Å². The predicted molar refractivity (Wildman–Crippen MR) is 82.3 cm³/mol. The van der Waals surface area contributed by atoms with Gasteiger partial charge in [0.25, 0.3) is 0 Å². The molecule has 1 N–H and O–H groups in total. The molecule has 102 valence electrons. The first-order valence-electron chi connectivity index (χ1n) is 7.06. The van der Waals surface area contributed by atoms with Crippen LogP contribution in [0.2, 0.25) is 0 Å². The number of thiophene rings is 1. The summed E-state index contributed by atoms with van der Waals surface area (Å²) in [6.07, 6.45) is 6.60. The lowest BCUT2D eigenvalue weighted by molar-refractivity contribution is 0.554. The highest BCUT2D eigenvalue weighted by atomic mass is 32.1. The Morgan fingerprint density at radius 1 is 1.11 bits per heavy atom. The fourth-order valence-corrected chi connectivity index (χ4v) is 3.41. The van der Waals surface area contributed by atoms with Crippen LogP contribution < -0.4 is 10.2 Å². The molecule has 0 aliphatic carbocycles. The molecule has 1 fully saturated rings. The first-order chi connectivity index (χ1) is 9.38. The van der Waals surface area contributed by atoms with Crippen LogP contribution in [0.15, 0.2) is 11.4 Å². The van der Waals surface area contributed by atoms with Crippen LogP contribution in [0, 0.1) is 0 Å². The van der Waals surface area contributed by atoms with Crippen LogP contribution in [0.4, 0.5) is 11.8 Å². The summed E-state index contributed by atoms with van der Waals surface area (Å²) < 4.78 is 0. The van der Waals surface area contributed by atoms with Crippen LogP contribution in [0.25, 0.3) is 10.2 Å². The lowest BCUT2D eigenvalue weighted by Crippen LogP contribution is -2.28. The fraction of sp³-hybridized carbons (Fsp3) is 0.571. The first kappa shape index (κ1) is 12.7. The maximum absolute atomic E-state index is 4.70. The van der Waals surface area contributed by atoms with Gasteiger partial charge in [-0.2, -0.15) is 4.98 Å². The van der Waals surface area contributed by atoms with E-state index in [1.807, 2.05) is 7.05 Å². The minimum absolute atomic E-state index is 0.729. The molecular weight excluding hydrogens is 256 g/mol. The van der Waals surface area contributed by atoms with Crippen molar-refractivity contribution in [1.29, 1.82) is 0 Å². The molecule has 1 aliphatic heterocycles.